The fraction of sp³-hybridized carbons (Fsp3) is 0.462. The molecule has 1 rings (SSSR count). The first-order chi connectivity index (χ1) is 7.45. The van der Waals surface area contributed by atoms with E-state index < -0.39 is 0 Å². The molecule has 0 heterocycles. The van der Waals surface area contributed by atoms with Crippen molar-refractivity contribution >= 4 is 5.97 Å². The SMILES string of the molecule is CC(C)(C)c1ccc(C(=O)OCC[NH3+])cc1. The van der Waals surface area contributed by atoms with Gasteiger partial charge in [-0.1, -0.05) is 32.9 Å². The maximum absolute atomic E-state index is 11.5. The molecule has 16 heavy (non-hydrogen) atoms. The normalized spacial score (nSPS) is 11.2. The third kappa shape index (κ3) is 3.35. The average Bonchev–Trinajstić information content (AvgIpc) is 2.25. The van der Waals surface area contributed by atoms with Crippen LogP contribution in [0.5, 0.6) is 0 Å². The Bertz CT molecular complexity index is 349. The van der Waals surface area contributed by atoms with Crippen molar-refractivity contribution in [2.75, 3.05) is 13.2 Å². The van der Waals surface area contributed by atoms with E-state index in [0.717, 1.165) is 0 Å². The van der Waals surface area contributed by atoms with Gasteiger partial charge in [-0.3, -0.25) is 0 Å². The van der Waals surface area contributed by atoms with Crippen molar-refractivity contribution < 1.29 is 15.3 Å². The Morgan fingerprint density at radius 3 is 2.25 bits per heavy atom. The Kier molecular flexibility index (Phi) is 4.07. The standard InChI is InChI=1S/C13H19NO2/c1-13(2,3)11-6-4-10(5-7-11)12(15)16-9-8-14/h4-7H,8-9,14H2,1-3H3/p+1. The van der Waals surface area contributed by atoms with Gasteiger partial charge in [-0.15, -0.1) is 0 Å². The third-order valence-electron chi connectivity index (χ3n) is 2.36. The van der Waals surface area contributed by atoms with E-state index in [4.69, 9.17) is 4.74 Å². The van der Waals surface area contributed by atoms with Gasteiger partial charge in [0, 0.05) is 0 Å². The van der Waals surface area contributed by atoms with Gasteiger partial charge in [0.15, 0.2) is 0 Å². The number of rotatable bonds is 3. The van der Waals surface area contributed by atoms with Crippen LogP contribution in [-0.4, -0.2) is 19.1 Å². The number of carbonyl (C=O) groups is 1. The molecule has 0 aromatic heterocycles. The van der Waals surface area contributed by atoms with Gasteiger partial charge in [-0.05, 0) is 23.1 Å². The highest BCUT2D eigenvalue weighted by atomic mass is 16.5. The molecule has 88 valence electrons. The second-order valence-corrected chi connectivity index (χ2v) is 4.82. The number of hydrogen-bond donors (Lipinski definition) is 1. The minimum atomic E-state index is -0.274. The maximum atomic E-state index is 11.5. The zero-order valence-electron chi connectivity index (χ0n) is 10.2. The zero-order valence-corrected chi connectivity index (χ0v) is 10.2. The van der Waals surface area contributed by atoms with Gasteiger partial charge in [0.1, 0.15) is 13.2 Å². The number of ether oxygens (including phenoxy) is 1. The predicted octanol–water partition coefficient (Wildman–Crippen LogP) is 1.38. The second kappa shape index (κ2) is 5.12. The quantitative estimate of drug-likeness (QED) is 0.786. The van der Waals surface area contributed by atoms with Gasteiger partial charge in [-0.2, -0.15) is 0 Å². The van der Waals surface area contributed by atoms with Crippen molar-refractivity contribution in [2.24, 2.45) is 0 Å². The number of quaternary nitrogens is 1. The van der Waals surface area contributed by atoms with Crippen LogP contribution >= 0.6 is 0 Å². The minimum absolute atomic E-state index is 0.107. The molecule has 0 amide bonds. The van der Waals surface area contributed by atoms with Crippen molar-refractivity contribution in [1.82, 2.24) is 0 Å². The fourth-order valence-corrected chi connectivity index (χ4v) is 1.35. The fourth-order valence-electron chi connectivity index (χ4n) is 1.35. The Morgan fingerprint density at radius 2 is 1.81 bits per heavy atom. The molecule has 3 N–H and O–H groups in total. The van der Waals surface area contributed by atoms with Gasteiger partial charge in [-0.25, -0.2) is 4.79 Å². The number of carbonyl (C=O) groups excluding carboxylic acids is 1. The molecule has 0 radical (unpaired) electrons. The summed E-state index contributed by atoms with van der Waals surface area (Å²) < 4.78 is 5.00. The molecule has 1 aromatic rings. The molecule has 0 aliphatic heterocycles. The van der Waals surface area contributed by atoms with E-state index in [1.165, 1.54) is 5.56 Å². The van der Waals surface area contributed by atoms with Gasteiger partial charge < -0.3 is 10.5 Å². The molecule has 3 nitrogen and oxygen atoms in total. The Morgan fingerprint density at radius 1 is 1.25 bits per heavy atom. The summed E-state index contributed by atoms with van der Waals surface area (Å²) in [6, 6.07) is 7.57. The summed E-state index contributed by atoms with van der Waals surface area (Å²) in [5.74, 6) is -0.274. The van der Waals surface area contributed by atoms with Gasteiger partial charge >= 0.3 is 5.97 Å². The minimum Gasteiger partial charge on any atom is -0.456 e. The third-order valence-corrected chi connectivity index (χ3v) is 2.36. The van der Waals surface area contributed by atoms with E-state index in [2.05, 4.69) is 26.5 Å². The lowest BCUT2D eigenvalue weighted by molar-refractivity contribution is -0.371. The highest BCUT2D eigenvalue weighted by Crippen LogP contribution is 2.22. The molecule has 0 unspecified atom stereocenters. The summed E-state index contributed by atoms with van der Waals surface area (Å²) in [6.07, 6.45) is 0. The molecule has 0 aliphatic carbocycles. The van der Waals surface area contributed by atoms with E-state index in [0.29, 0.717) is 18.7 Å². The number of hydrogen-bond acceptors (Lipinski definition) is 2. The highest BCUT2D eigenvalue weighted by molar-refractivity contribution is 5.89. The van der Waals surface area contributed by atoms with E-state index in [1.54, 1.807) is 0 Å². The molecule has 0 aliphatic rings. The largest absolute Gasteiger partial charge is 0.456 e. The topological polar surface area (TPSA) is 53.9 Å². The molecule has 1 aromatic carbocycles. The van der Waals surface area contributed by atoms with E-state index in [9.17, 15) is 4.79 Å². The molecule has 0 fully saturated rings. The Labute approximate surface area is 96.6 Å². The molecule has 0 saturated carbocycles. The molecule has 3 heteroatoms. The Balaban J connectivity index is 2.75. The van der Waals surface area contributed by atoms with Crippen molar-refractivity contribution in [1.29, 1.82) is 0 Å². The summed E-state index contributed by atoms with van der Waals surface area (Å²) in [7, 11) is 0. The first kappa shape index (κ1) is 12.7. The van der Waals surface area contributed by atoms with E-state index >= 15 is 0 Å². The lowest BCUT2D eigenvalue weighted by atomic mass is 9.87. The summed E-state index contributed by atoms with van der Waals surface area (Å²) in [4.78, 5) is 11.5. The van der Waals surface area contributed by atoms with Crippen LogP contribution in [0.2, 0.25) is 0 Å². The van der Waals surface area contributed by atoms with Crippen LogP contribution < -0.4 is 5.73 Å². The predicted molar refractivity (Wildman–Crippen MR) is 63.2 cm³/mol. The van der Waals surface area contributed by atoms with Crippen LogP contribution in [0.25, 0.3) is 0 Å². The van der Waals surface area contributed by atoms with Crippen molar-refractivity contribution in [2.45, 2.75) is 26.2 Å². The van der Waals surface area contributed by atoms with Crippen LogP contribution in [0.1, 0.15) is 36.7 Å². The van der Waals surface area contributed by atoms with Gasteiger partial charge in [0.25, 0.3) is 0 Å². The van der Waals surface area contributed by atoms with Gasteiger partial charge in [0.05, 0.1) is 5.56 Å². The van der Waals surface area contributed by atoms with Gasteiger partial charge in [0.2, 0.25) is 0 Å². The van der Waals surface area contributed by atoms with Crippen LogP contribution in [-0.2, 0) is 10.2 Å². The smallest absolute Gasteiger partial charge is 0.338 e. The first-order valence-corrected chi connectivity index (χ1v) is 5.52. The molecular formula is C13H20NO2+. The zero-order chi connectivity index (χ0) is 12.2. The summed E-state index contributed by atoms with van der Waals surface area (Å²) in [6.45, 7) is 7.40. The van der Waals surface area contributed by atoms with Crippen molar-refractivity contribution in [3.8, 4) is 0 Å². The molecule has 0 saturated heterocycles. The lowest BCUT2D eigenvalue weighted by Gasteiger charge is -2.18. The van der Waals surface area contributed by atoms with E-state index in [1.807, 2.05) is 24.3 Å². The molecule has 0 bridgehead atoms. The van der Waals surface area contributed by atoms with Crippen molar-refractivity contribution in [3.63, 3.8) is 0 Å². The average molecular weight is 222 g/mol. The summed E-state index contributed by atoms with van der Waals surface area (Å²) in [5, 5.41) is 0. The highest BCUT2D eigenvalue weighted by Gasteiger charge is 2.14. The van der Waals surface area contributed by atoms with Crippen molar-refractivity contribution in [3.05, 3.63) is 35.4 Å². The molecule has 0 spiro atoms. The second-order valence-electron chi connectivity index (χ2n) is 4.82. The van der Waals surface area contributed by atoms with Crippen LogP contribution in [0.4, 0.5) is 0 Å². The maximum Gasteiger partial charge on any atom is 0.338 e. The lowest BCUT2D eigenvalue weighted by Crippen LogP contribution is -2.52. The number of esters is 1. The molecular weight excluding hydrogens is 202 g/mol. The Hall–Kier alpha value is -1.35. The monoisotopic (exact) mass is 222 g/mol. The van der Waals surface area contributed by atoms with Crippen LogP contribution in [0, 0.1) is 0 Å². The van der Waals surface area contributed by atoms with E-state index in [-0.39, 0.29) is 11.4 Å². The number of benzene rings is 1. The van der Waals surface area contributed by atoms with Crippen LogP contribution in [0.15, 0.2) is 24.3 Å². The summed E-state index contributed by atoms with van der Waals surface area (Å²) in [5.41, 5.74) is 5.54. The first-order valence-electron chi connectivity index (χ1n) is 5.52. The summed E-state index contributed by atoms with van der Waals surface area (Å²) >= 11 is 0. The molecule has 0 atom stereocenters. The van der Waals surface area contributed by atoms with Crippen LogP contribution in [0.3, 0.4) is 0 Å².